The van der Waals surface area contributed by atoms with Gasteiger partial charge in [0.2, 0.25) is 5.76 Å². The molecule has 2 aromatic heterocycles. The van der Waals surface area contributed by atoms with E-state index in [1.165, 1.54) is 24.5 Å². The monoisotopic (exact) mass is 400 g/mol. The first-order chi connectivity index (χ1) is 11.3. The molecule has 0 spiro atoms. The highest BCUT2D eigenvalue weighted by molar-refractivity contribution is 9.10. The lowest BCUT2D eigenvalue weighted by Crippen LogP contribution is -2.13. The molecule has 0 radical (unpaired) electrons. The van der Waals surface area contributed by atoms with Gasteiger partial charge in [-0.2, -0.15) is 13.2 Å². The van der Waals surface area contributed by atoms with E-state index in [0.29, 0.717) is 5.76 Å². The average Bonchev–Trinajstić information content (AvgIpc) is 3.18. The van der Waals surface area contributed by atoms with Crippen molar-refractivity contribution in [2.24, 2.45) is 0 Å². The summed E-state index contributed by atoms with van der Waals surface area (Å²) in [7, 11) is 0. The van der Waals surface area contributed by atoms with Crippen LogP contribution in [0.2, 0.25) is 0 Å². The standard InChI is InChI=1S/C15H8BrF3N2O3/c16-10-4-3-8(6-9(10)15(17,18)19)20-14(22)11-7-13(24-21-11)12-2-1-5-23-12/h1-7H,(H,20,22). The van der Waals surface area contributed by atoms with Crippen LogP contribution in [0.25, 0.3) is 11.5 Å². The van der Waals surface area contributed by atoms with Crippen LogP contribution in [0, 0.1) is 0 Å². The Morgan fingerprint density at radius 3 is 2.62 bits per heavy atom. The molecule has 0 bridgehead atoms. The third kappa shape index (κ3) is 3.35. The van der Waals surface area contributed by atoms with Gasteiger partial charge in [-0.05, 0) is 30.3 Å². The summed E-state index contributed by atoms with van der Waals surface area (Å²) < 4.78 is 48.6. The van der Waals surface area contributed by atoms with Crippen LogP contribution in [-0.2, 0) is 6.18 Å². The summed E-state index contributed by atoms with van der Waals surface area (Å²) in [6.07, 6.45) is -3.11. The molecular weight excluding hydrogens is 393 g/mol. The van der Waals surface area contributed by atoms with Crippen molar-refractivity contribution >= 4 is 27.5 Å². The number of hydrogen-bond donors (Lipinski definition) is 1. The zero-order valence-corrected chi connectivity index (χ0v) is 13.3. The van der Waals surface area contributed by atoms with E-state index in [1.807, 2.05) is 0 Å². The van der Waals surface area contributed by atoms with Gasteiger partial charge in [-0.1, -0.05) is 21.1 Å². The van der Waals surface area contributed by atoms with Gasteiger partial charge in [0.1, 0.15) is 0 Å². The summed E-state index contributed by atoms with van der Waals surface area (Å²) in [6.45, 7) is 0. The molecule has 0 atom stereocenters. The number of rotatable bonds is 3. The fraction of sp³-hybridized carbons (Fsp3) is 0.0667. The lowest BCUT2D eigenvalue weighted by molar-refractivity contribution is -0.138. The van der Waals surface area contributed by atoms with Crippen LogP contribution in [0.4, 0.5) is 18.9 Å². The SMILES string of the molecule is O=C(Nc1ccc(Br)c(C(F)(F)F)c1)c1cc(-c2ccco2)on1. The Morgan fingerprint density at radius 2 is 1.96 bits per heavy atom. The lowest BCUT2D eigenvalue weighted by atomic mass is 10.2. The largest absolute Gasteiger partial charge is 0.461 e. The molecular formula is C15H8BrF3N2O3. The van der Waals surface area contributed by atoms with Crippen molar-refractivity contribution in [3.8, 4) is 11.5 Å². The van der Waals surface area contributed by atoms with Crippen molar-refractivity contribution in [1.82, 2.24) is 5.16 Å². The number of nitrogens with one attached hydrogen (secondary N) is 1. The van der Waals surface area contributed by atoms with Crippen LogP contribution in [0.3, 0.4) is 0 Å². The maximum atomic E-state index is 12.9. The highest BCUT2D eigenvalue weighted by atomic mass is 79.9. The molecule has 1 aromatic carbocycles. The Kier molecular flexibility index (Phi) is 4.18. The number of aromatic nitrogens is 1. The first-order valence-corrected chi connectivity index (χ1v) is 7.32. The molecule has 124 valence electrons. The van der Waals surface area contributed by atoms with Crippen molar-refractivity contribution in [2.75, 3.05) is 5.32 Å². The second-order valence-corrected chi connectivity index (χ2v) is 5.55. The lowest BCUT2D eigenvalue weighted by Gasteiger charge is -2.11. The summed E-state index contributed by atoms with van der Waals surface area (Å²) in [5, 5.41) is 5.92. The van der Waals surface area contributed by atoms with Gasteiger partial charge in [-0.15, -0.1) is 0 Å². The van der Waals surface area contributed by atoms with E-state index >= 15 is 0 Å². The van der Waals surface area contributed by atoms with Gasteiger partial charge < -0.3 is 14.3 Å². The van der Waals surface area contributed by atoms with Crippen LogP contribution >= 0.6 is 15.9 Å². The molecule has 0 aliphatic carbocycles. The number of alkyl halides is 3. The molecule has 24 heavy (non-hydrogen) atoms. The first kappa shape index (κ1) is 16.3. The van der Waals surface area contributed by atoms with Crippen molar-refractivity contribution in [3.05, 3.63) is 58.4 Å². The Balaban J connectivity index is 1.80. The summed E-state index contributed by atoms with van der Waals surface area (Å²) >= 11 is 2.83. The van der Waals surface area contributed by atoms with Crippen LogP contribution in [0.5, 0.6) is 0 Å². The molecule has 2 heterocycles. The van der Waals surface area contributed by atoms with E-state index in [0.717, 1.165) is 6.07 Å². The van der Waals surface area contributed by atoms with Crippen LogP contribution in [-0.4, -0.2) is 11.1 Å². The average molecular weight is 401 g/mol. The zero-order valence-electron chi connectivity index (χ0n) is 11.7. The van der Waals surface area contributed by atoms with Crippen molar-refractivity contribution in [1.29, 1.82) is 0 Å². The summed E-state index contributed by atoms with van der Waals surface area (Å²) in [4.78, 5) is 12.1. The number of anilines is 1. The van der Waals surface area contributed by atoms with Crippen molar-refractivity contribution in [2.45, 2.75) is 6.18 Å². The fourth-order valence-corrected chi connectivity index (χ4v) is 2.40. The molecule has 0 aliphatic rings. The van der Waals surface area contributed by atoms with Gasteiger partial charge in [0, 0.05) is 16.2 Å². The minimum Gasteiger partial charge on any atom is -0.461 e. The van der Waals surface area contributed by atoms with E-state index < -0.39 is 17.6 Å². The summed E-state index contributed by atoms with van der Waals surface area (Å²) in [5.41, 5.74) is -0.993. The smallest absolute Gasteiger partial charge is 0.417 e. The van der Waals surface area contributed by atoms with Gasteiger partial charge in [0.05, 0.1) is 11.8 Å². The number of nitrogens with zero attached hydrogens (tertiary/aromatic N) is 1. The molecule has 3 aromatic rings. The van der Waals surface area contributed by atoms with E-state index in [-0.39, 0.29) is 21.6 Å². The molecule has 1 N–H and O–H groups in total. The van der Waals surface area contributed by atoms with E-state index in [2.05, 4.69) is 26.4 Å². The normalized spacial score (nSPS) is 11.5. The Bertz CT molecular complexity index is 872. The number of amides is 1. The van der Waals surface area contributed by atoms with E-state index in [1.54, 1.807) is 12.1 Å². The first-order valence-electron chi connectivity index (χ1n) is 6.53. The molecule has 0 fully saturated rings. The Labute approximate surface area is 141 Å². The van der Waals surface area contributed by atoms with Gasteiger partial charge in [0.15, 0.2) is 11.5 Å². The number of benzene rings is 1. The third-order valence-electron chi connectivity index (χ3n) is 3.04. The van der Waals surface area contributed by atoms with Gasteiger partial charge in [0.25, 0.3) is 5.91 Å². The maximum Gasteiger partial charge on any atom is 0.417 e. The molecule has 0 aliphatic heterocycles. The molecule has 3 rings (SSSR count). The summed E-state index contributed by atoms with van der Waals surface area (Å²) in [6, 6.07) is 7.96. The second-order valence-electron chi connectivity index (χ2n) is 4.70. The fourth-order valence-electron chi connectivity index (χ4n) is 1.93. The predicted molar refractivity (Wildman–Crippen MR) is 81.3 cm³/mol. The Hall–Kier alpha value is -2.55. The molecule has 1 amide bonds. The van der Waals surface area contributed by atoms with Gasteiger partial charge in [-0.25, -0.2) is 0 Å². The number of carbonyl (C=O) groups is 1. The number of carbonyl (C=O) groups excluding carboxylic acids is 1. The highest BCUT2D eigenvalue weighted by Crippen LogP contribution is 2.36. The highest BCUT2D eigenvalue weighted by Gasteiger charge is 2.33. The molecule has 0 unspecified atom stereocenters. The van der Waals surface area contributed by atoms with Crippen LogP contribution in [0.15, 0.2) is 56.1 Å². The molecule has 9 heteroatoms. The van der Waals surface area contributed by atoms with Crippen molar-refractivity contribution < 1.29 is 26.9 Å². The van der Waals surface area contributed by atoms with Gasteiger partial charge >= 0.3 is 6.18 Å². The quantitative estimate of drug-likeness (QED) is 0.673. The minimum absolute atomic E-state index is 0.0157. The molecule has 0 saturated heterocycles. The number of furan rings is 1. The van der Waals surface area contributed by atoms with E-state index in [9.17, 15) is 18.0 Å². The third-order valence-corrected chi connectivity index (χ3v) is 3.73. The number of hydrogen-bond acceptors (Lipinski definition) is 4. The number of halogens is 4. The Morgan fingerprint density at radius 1 is 1.17 bits per heavy atom. The van der Waals surface area contributed by atoms with Crippen molar-refractivity contribution in [3.63, 3.8) is 0 Å². The molecule has 0 saturated carbocycles. The second kappa shape index (κ2) is 6.16. The van der Waals surface area contributed by atoms with Crippen LogP contribution < -0.4 is 5.32 Å². The predicted octanol–water partition coefficient (Wildman–Crippen LogP) is 4.97. The van der Waals surface area contributed by atoms with Gasteiger partial charge in [-0.3, -0.25) is 4.79 Å². The summed E-state index contributed by atoms with van der Waals surface area (Å²) in [5.74, 6) is -0.0894. The van der Waals surface area contributed by atoms with Crippen LogP contribution in [0.1, 0.15) is 16.1 Å². The zero-order chi connectivity index (χ0) is 17.3. The maximum absolute atomic E-state index is 12.9. The minimum atomic E-state index is -4.54. The topological polar surface area (TPSA) is 68.3 Å². The molecule has 5 nitrogen and oxygen atoms in total. The van der Waals surface area contributed by atoms with E-state index in [4.69, 9.17) is 8.94 Å².